The lowest BCUT2D eigenvalue weighted by Gasteiger charge is -2.10. The van der Waals surface area contributed by atoms with Crippen molar-refractivity contribution in [3.63, 3.8) is 0 Å². The molecule has 3 N–H and O–H groups in total. The minimum absolute atomic E-state index is 0.0412. The topological polar surface area (TPSA) is 72.5 Å². The SMILES string of the molecule is COc1c(N)cc(F)cc1CCCC(=O)O. The molecule has 0 aliphatic rings. The average molecular weight is 227 g/mol. The van der Waals surface area contributed by atoms with E-state index in [1.54, 1.807) is 0 Å². The second-order valence-electron chi connectivity index (χ2n) is 3.43. The van der Waals surface area contributed by atoms with Gasteiger partial charge in [-0.15, -0.1) is 0 Å². The highest BCUT2D eigenvalue weighted by Gasteiger charge is 2.10. The van der Waals surface area contributed by atoms with Crippen molar-refractivity contribution in [1.82, 2.24) is 0 Å². The molecule has 1 aromatic rings. The van der Waals surface area contributed by atoms with Crippen LogP contribution in [-0.2, 0) is 11.2 Å². The number of benzene rings is 1. The molecule has 0 fully saturated rings. The van der Waals surface area contributed by atoms with Crippen LogP contribution >= 0.6 is 0 Å². The van der Waals surface area contributed by atoms with Crippen molar-refractivity contribution in [3.8, 4) is 5.75 Å². The van der Waals surface area contributed by atoms with Gasteiger partial charge in [0.2, 0.25) is 0 Å². The number of hydrogen-bond acceptors (Lipinski definition) is 3. The number of carboxylic acid groups (broad SMARTS) is 1. The molecule has 5 heteroatoms. The molecule has 0 unspecified atom stereocenters. The second kappa shape index (κ2) is 5.34. The molecule has 0 saturated heterocycles. The number of methoxy groups -OCH3 is 1. The summed E-state index contributed by atoms with van der Waals surface area (Å²) in [7, 11) is 1.45. The van der Waals surface area contributed by atoms with E-state index in [0.717, 1.165) is 0 Å². The van der Waals surface area contributed by atoms with E-state index in [-0.39, 0.29) is 12.1 Å². The molecular formula is C11H14FNO3. The first-order valence-corrected chi connectivity index (χ1v) is 4.88. The first-order valence-electron chi connectivity index (χ1n) is 4.88. The Morgan fingerprint density at radius 1 is 1.56 bits per heavy atom. The van der Waals surface area contributed by atoms with E-state index in [2.05, 4.69) is 0 Å². The molecular weight excluding hydrogens is 213 g/mol. The highest BCUT2D eigenvalue weighted by atomic mass is 19.1. The summed E-state index contributed by atoms with van der Waals surface area (Å²) in [5.41, 5.74) is 6.41. The van der Waals surface area contributed by atoms with E-state index >= 15 is 0 Å². The summed E-state index contributed by atoms with van der Waals surface area (Å²) in [5, 5.41) is 8.50. The van der Waals surface area contributed by atoms with Crippen molar-refractivity contribution >= 4 is 11.7 Å². The predicted octanol–water partition coefficient (Wildman–Crippen LogP) is 1.82. The quantitative estimate of drug-likeness (QED) is 0.752. The molecule has 0 aliphatic carbocycles. The molecule has 0 radical (unpaired) electrons. The van der Waals surface area contributed by atoms with Gasteiger partial charge in [-0.2, -0.15) is 0 Å². The average Bonchev–Trinajstić information content (AvgIpc) is 2.16. The van der Waals surface area contributed by atoms with Gasteiger partial charge >= 0.3 is 5.97 Å². The minimum Gasteiger partial charge on any atom is -0.494 e. The molecule has 0 bridgehead atoms. The van der Waals surface area contributed by atoms with Gasteiger partial charge in [0.25, 0.3) is 0 Å². The molecule has 0 amide bonds. The third-order valence-electron chi connectivity index (χ3n) is 2.20. The largest absolute Gasteiger partial charge is 0.494 e. The summed E-state index contributed by atoms with van der Waals surface area (Å²) in [4.78, 5) is 10.3. The van der Waals surface area contributed by atoms with Crippen LogP contribution in [0.4, 0.5) is 10.1 Å². The number of carbonyl (C=O) groups is 1. The fourth-order valence-electron chi connectivity index (χ4n) is 1.54. The van der Waals surface area contributed by atoms with Crippen molar-refractivity contribution in [1.29, 1.82) is 0 Å². The van der Waals surface area contributed by atoms with Crippen molar-refractivity contribution in [3.05, 3.63) is 23.5 Å². The summed E-state index contributed by atoms with van der Waals surface area (Å²) < 4.78 is 18.1. The van der Waals surface area contributed by atoms with Crippen molar-refractivity contribution in [2.75, 3.05) is 12.8 Å². The van der Waals surface area contributed by atoms with Crippen LogP contribution < -0.4 is 10.5 Å². The monoisotopic (exact) mass is 227 g/mol. The van der Waals surface area contributed by atoms with Crippen LogP contribution in [0, 0.1) is 5.82 Å². The second-order valence-corrected chi connectivity index (χ2v) is 3.43. The summed E-state index contributed by atoms with van der Waals surface area (Å²) in [6.07, 6.45) is 0.894. The minimum atomic E-state index is -0.872. The van der Waals surface area contributed by atoms with Gasteiger partial charge in [-0.25, -0.2) is 4.39 Å². The molecule has 16 heavy (non-hydrogen) atoms. The van der Waals surface area contributed by atoms with E-state index in [1.165, 1.54) is 19.2 Å². The van der Waals surface area contributed by atoms with Crippen molar-refractivity contribution in [2.45, 2.75) is 19.3 Å². The zero-order chi connectivity index (χ0) is 12.1. The third kappa shape index (κ3) is 3.12. The molecule has 0 atom stereocenters. The number of halogens is 1. The van der Waals surface area contributed by atoms with E-state index in [0.29, 0.717) is 24.2 Å². The first kappa shape index (κ1) is 12.3. The summed E-state index contributed by atoms with van der Waals surface area (Å²) in [6, 6.07) is 2.50. The fraction of sp³-hybridized carbons (Fsp3) is 0.364. The highest BCUT2D eigenvalue weighted by molar-refractivity contribution is 5.66. The summed E-state index contributed by atoms with van der Waals surface area (Å²) in [5.74, 6) is -0.890. The molecule has 4 nitrogen and oxygen atoms in total. The molecule has 0 heterocycles. The lowest BCUT2D eigenvalue weighted by molar-refractivity contribution is -0.137. The maximum Gasteiger partial charge on any atom is 0.303 e. The van der Waals surface area contributed by atoms with Crippen LogP contribution in [0.5, 0.6) is 5.75 Å². The van der Waals surface area contributed by atoms with E-state index < -0.39 is 11.8 Å². The number of hydrogen-bond donors (Lipinski definition) is 2. The Labute approximate surface area is 92.8 Å². The van der Waals surface area contributed by atoms with Gasteiger partial charge in [-0.05, 0) is 24.5 Å². The lowest BCUT2D eigenvalue weighted by atomic mass is 10.1. The van der Waals surface area contributed by atoms with Crippen LogP contribution in [0.2, 0.25) is 0 Å². The van der Waals surface area contributed by atoms with E-state index in [1.807, 2.05) is 0 Å². The maximum atomic E-state index is 13.1. The van der Waals surface area contributed by atoms with Gasteiger partial charge < -0.3 is 15.6 Å². The molecule has 1 rings (SSSR count). The molecule has 88 valence electrons. The number of ether oxygens (including phenoxy) is 1. The zero-order valence-electron chi connectivity index (χ0n) is 9.00. The number of nitrogens with two attached hydrogens (primary N) is 1. The normalized spacial score (nSPS) is 10.1. The molecule has 1 aromatic carbocycles. The van der Waals surface area contributed by atoms with Gasteiger partial charge in [0.15, 0.2) is 0 Å². The number of aryl methyl sites for hydroxylation is 1. The van der Waals surface area contributed by atoms with Gasteiger partial charge in [0, 0.05) is 12.5 Å². The predicted molar refractivity (Wildman–Crippen MR) is 57.9 cm³/mol. The highest BCUT2D eigenvalue weighted by Crippen LogP contribution is 2.28. The number of carboxylic acids is 1. The fourth-order valence-corrected chi connectivity index (χ4v) is 1.54. The van der Waals surface area contributed by atoms with Crippen LogP contribution in [0.3, 0.4) is 0 Å². The first-order chi connectivity index (χ1) is 7.54. The van der Waals surface area contributed by atoms with Crippen molar-refractivity contribution in [2.24, 2.45) is 0 Å². The molecule has 0 spiro atoms. The van der Waals surface area contributed by atoms with Crippen LogP contribution in [0.1, 0.15) is 18.4 Å². The van der Waals surface area contributed by atoms with Crippen LogP contribution in [-0.4, -0.2) is 18.2 Å². The Morgan fingerprint density at radius 2 is 2.25 bits per heavy atom. The number of rotatable bonds is 5. The standard InChI is InChI=1S/C11H14FNO3/c1-16-11-7(3-2-4-10(14)15)5-8(12)6-9(11)13/h5-6H,2-4,13H2,1H3,(H,14,15). The van der Waals surface area contributed by atoms with Crippen LogP contribution in [0.25, 0.3) is 0 Å². The zero-order valence-corrected chi connectivity index (χ0v) is 9.00. The van der Waals surface area contributed by atoms with Gasteiger partial charge in [0.1, 0.15) is 11.6 Å². The molecule has 0 saturated carbocycles. The van der Waals surface area contributed by atoms with Crippen LogP contribution in [0.15, 0.2) is 12.1 Å². The summed E-state index contributed by atoms with van der Waals surface area (Å²) in [6.45, 7) is 0. The van der Waals surface area contributed by atoms with Gasteiger partial charge in [-0.1, -0.05) is 0 Å². The van der Waals surface area contributed by atoms with E-state index in [9.17, 15) is 9.18 Å². The maximum absolute atomic E-state index is 13.1. The number of nitrogen functional groups attached to an aromatic ring is 1. The summed E-state index contributed by atoms with van der Waals surface area (Å²) >= 11 is 0. The lowest BCUT2D eigenvalue weighted by Crippen LogP contribution is -2.01. The third-order valence-corrected chi connectivity index (χ3v) is 2.20. The number of aliphatic carboxylic acids is 1. The number of anilines is 1. The Bertz CT molecular complexity index is 393. The smallest absolute Gasteiger partial charge is 0.303 e. The van der Waals surface area contributed by atoms with E-state index in [4.69, 9.17) is 15.6 Å². The van der Waals surface area contributed by atoms with Crippen molar-refractivity contribution < 1.29 is 19.0 Å². The molecule has 0 aliphatic heterocycles. The van der Waals surface area contributed by atoms with Gasteiger partial charge in [0.05, 0.1) is 12.8 Å². The Balaban J connectivity index is 2.81. The van der Waals surface area contributed by atoms with Gasteiger partial charge in [-0.3, -0.25) is 4.79 Å². The Hall–Kier alpha value is -1.78. The molecule has 0 aromatic heterocycles. The Morgan fingerprint density at radius 3 is 2.81 bits per heavy atom. The Kier molecular flexibility index (Phi) is 4.10.